The van der Waals surface area contributed by atoms with E-state index < -0.39 is 38.5 Å². The molecule has 0 spiro atoms. The number of methoxy groups -OCH3 is 1. The maximum atomic E-state index is 13.8. The molecule has 0 saturated carbocycles. The number of hydrogen-bond acceptors (Lipinski definition) is 5. The molecule has 2 aromatic rings. The molecule has 5 nitrogen and oxygen atoms in total. The van der Waals surface area contributed by atoms with Crippen molar-refractivity contribution in [3.8, 4) is 11.8 Å². The van der Waals surface area contributed by atoms with Crippen LogP contribution >= 0.6 is 0 Å². The van der Waals surface area contributed by atoms with Crippen LogP contribution in [0, 0.1) is 25.7 Å². The number of carbonyl (C=O) groups excluding carboxylic acids is 1. The number of aryl methyl sites for hydroxylation is 3. The fraction of sp³-hybridized carbons (Fsp3) is 0.615. The lowest BCUT2D eigenvalue weighted by Crippen LogP contribution is -2.58. The summed E-state index contributed by atoms with van der Waals surface area (Å²) in [5.74, 6) is 3.18. The fourth-order valence-electron chi connectivity index (χ4n) is 5.93. The topological polar surface area (TPSA) is 54.0 Å². The quantitative estimate of drug-likeness (QED) is 0.0598. The molecule has 0 aromatic heterocycles. The van der Waals surface area contributed by atoms with Crippen molar-refractivity contribution in [3.05, 3.63) is 69.8 Å². The van der Waals surface area contributed by atoms with Gasteiger partial charge >= 0.3 is 23.9 Å². The molecule has 0 N–H and O–H groups in total. The van der Waals surface area contributed by atoms with Crippen molar-refractivity contribution < 1.29 is 49.8 Å². The minimum absolute atomic E-state index is 0.0163. The highest BCUT2D eigenvalue weighted by Crippen LogP contribution is 2.46. The van der Waals surface area contributed by atoms with Gasteiger partial charge < -0.3 is 18.6 Å². The second-order valence-corrected chi connectivity index (χ2v) is 19.2. The summed E-state index contributed by atoms with van der Waals surface area (Å²) in [6, 6.07) is 11.2. The van der Waals surface area contributed by atoms with Gasteiger partial charge in [0.05, 0.1) is 19.1 Å². The maximum absolute atomic E-state index is 13.8. The van der Waals surface area contributed by atoms with Gasteiger partial charge in [-0.1, -0.05) is 70.9 Å². The molecule has 0 unspecified atom stereocenters. The summed E-state index contributed by atoms with van der Waals surface area (Å²) in [5, 5.41) is -0.0283. The van der Waals surface area contributed by atoms with Gasteiger partial charge in [0.15, 0.2) is 8.32 Å². The van der Waals surface area contributed by atoms with Gasteiger partial charge in [-0.25, -0.2) is 0 Å². The highest BCUT2D eigenvalue weighted by molar-refractivity contribution is 6.74. The molecule has 0 bridgehead atoms. The summed E-state index contributed by atoms with van der Waals surface area (Å²) in [5.41, 5.74) is -0.674. The van der Waals surface area contributed by atoms with Crippen LogP contribution in [0.1, 0.15) is 101 Å². The fourth-order valence-corrected chi connectivity index (χ4v) is 7.32. The molecule has 51 heavy (non-hydrogen) atoms. The van der Waals surface area contributed by atoms with E-state index in [0.29, 0.717) is 37.9 Å². The summed E-state index contributed by atoms with van der Waals surface area (Å²) in [7, 11) is -1.24. The molecule has 2 rings (SSSR count). The number of ether oxygens (including phenoxy) is 3. The predicted molar refractivity (Wildman–Crippen MR) is 190 cm³/mol. The SMILES string of the molecule is CCOC(=O)C[C@@H](CCc1ccc(C(CC)(CC)c2ccc(C#CC(OCOC)(C(F)(F)F)C(F)(F)F)c(C)c2)cc1C)O[Si](C)(C)C(C)(C)C. The Balaban J connectivity index is 2.48. The first-order valence-electron chi connectivity index (χ1n) is 17.3. The third-order valence-corrected chi connectivity index (χ3v) is 14.7. The highest BCUT2D eigenvalue weighted by atomic mass is 28.4. The number of alkyl halides is 6. The third-order valence-electron chi connectivity index (χ3n) is 10.1. The standard InChI is InChI=1S/C39H54F6O5Si/c1-12-36(13-2,32-19-16-30(28(5)24-32)21-22-37(38(40,41)42,39(43,44)45)49-26-47-9)31-18-15-29(27(4)23-31)17-20-33(25-34(46)48-14-3)50-51(10,11)35(6,7)8/h15-16,18-19,23-24,33H,12-14,17,20,25-26H2,1-11H3/t33-/m1/s1. The van der Waals surface area contributed by atoms with Crippen LogP contribution in [0.3, 0.4) is 0 Å². The van der Waals surface area contributed by atoms with E-state index in [1.54, 1.807) is 26.0 Å². The van der Waals surface area contributed by atoms with Crippen LogP contribution in [0.2, 0.25) is 18.1 Å². The van der Waals surface area contributed by atoms with Gasteiger partial charge in [0.25, 0.3) is 0 Å². The van der Waals surface area contributed by atoms with Gasteiger partial charge in [-0.15, -0.1) is 0 Å². The van der Waals surface area contributed by atoms with Crippen molar-refractivity contribution in [3.63, 3.8) is 0 Å². The van der Waals surface area contributed by atoms with Crippen molar-refractivity contribution >= 4 is 14.3 Å². The van der Waals surface area contributed by atoms with Crippen LogP contribution in [0.4, 0.5) is 26.3 Å². The average molecular weight is 745 g/mol. The van der Waals surface area contributed by atoms with Gasteiger partial charge in [0.1, 0.15) is 6.79 Å². The largest absolute Gasteiger partial charge is 0.466 e. The monoisotopic (exact) mass is 744 g/mol. The van der Waals surface area contributed by atoms with E-state index in [1.807, 2.05) is 20.8 Å². The summed E-state index contributed by atoms with van der Waals surface area (Å²) in [6.07, 6.45) is -9.14. The van der Waals surface area contributed by atoms with Crippen LogP contribution in [-0.4, -0.2) is 58.9 Å². The van der Waals surface area contributed by atoms with Crippen molar-refractivity contribution in [2.75, 3.05) is 20.5 Å². The molecule has 0 aliphatic heterocycles. The molecule has 0 aliphatic rings. The lowest BCUT2D eigenvalue weighted by Gasteiger charge is -2.39. The van der Waals surface area contributed by atoms with Crippen LogP contribution in [0.25, 0.3) is 0 Å². The first kappa shape index (κ1) is 44.3. The van der Waals surface area contributed by atoms with Gasteiger partial charge in [-0.3, -0.25) is 4.79 Å². The first-order valence-corrected chi connectivity index (χ1v) is 20.2. The van der Waals surface area contributed by atoms with Crippen LogP contribution in [-0.2, 0) is 35.3 Å². The number of benzene rings is 2. The summed E-state index contributed by atoms with van der Waals surface area (Å²) < 4.78 is 103. The first-order chi connectivity index (χ1) is 23.4. The smallest absolute Gasteiger partial charge is 0.438 e. The Morgan fingerprint density at radius 1 is 0.863 bits per heavy atom. The molecule has 0 saturated heterocycles. The summed E-state index contributed by atoms with van der Waals surface area (Å²) in [4.78, 5) is 12.5. The lowest BCUT2D eigenvalue weighted by atomic mass is 9.69. The van der Waals surface area contributed by atoms with Crippen LogP contribution in [0.15, 0.2) is 36.4 Å². The molecular weight excluding hydrogens is 690 g/mol. The molecule has 0 amide bonds. The Morgan fingerprint density at radius 3 is 1.86 bits per heavy atom. The van der Waals surface area contributed by atoms with E-state index in [1.165, 1.54) is 12.0 Å². The van der Waals surface area contributed by atoms with Crippen LogP contribution < -0.4 is 0 Å². The van der Waals surface area contributed by atoms with Crippen molar-refractivity contribution in [1.82, 2.24) is 0 Å². The zero-order valence-electron chi connectivity index (χ0n) is 31.8. The van der Waals surface area contributed by atoms with Gasteiger partial charge in [0, 0.05) is 18.1 Å². The Labute approximate surface area is 300 Å². The Hall–Kier alpha value is -2.85. The number of carbonyl (C=O) groups is 1. The number of esters is 1. The lowest BCUT2D eigenvalue weighted by molar-refractivity contribution is -0.368. The van der Waals surface area contributed by atoms with Gasteiger partial charge in [-0.05, 0) is 104 Å². The zero-order valence-corrected chi connectivity index (χ0v) is 32.8. The summed E-state index contributed by atoms with van der Waals surface area (Å²) >= 11 is 0. The Morgan fingerprint density at radius 2 is 1.41 bits per heavy atom. The molecule has 286 valence electrons. The molecule has 0 aliphatic carbocycles. The van der Waals surface area contributed by atoms with Crippen molar-refractivity contribution in [2.24, 2.45) is 0 Å². The second kappa shape index (κ2) is 17.3. The minimum Gasteiger partial charge on any atom is -0.466 e. The predicted octanol–water partition coefficient (Wildman–Crippen LogP) is 10.5. The van der Waals surface area contributed by atoms with Crippen LogP contribution in [0.5, 0.6) is 0 Å². The third kappa shape index (κ3) is 10.4. The van der Waals surface area contributed by atoms with E-state index in [4.69, 9.17) is 9.16 Å². The molecule has 12 heteroatoms. The van der Waals surface area contributed by atoms with E-state index >= 15 is 0 Å². The Kier molecular flexibility index (Phi) is 15.0. The number of halogens is 6. The van der Waals surface area contributed by atoms with Crippen molar-refractivity contribution in [1.29, 1.82) is 0 Å². The zero-order chi connectivity index (χ0) is 39.1. The van der Waals surface area contributed by atoms with E-state index in [-0.39, 0.29) is 29.1 Å². The normalized spacial score (nSPS) is 13.8. The minimum atomic E-state index is -5.87. The average Bonchev–Trinajstić information content (AvgIpc) is 3.00. The molecular formula is C39H54F6O5Si. The molecule has 0 heterocycles. The second-order valence-electron chi connectivity index (χ2n) is 14.5. The molecule has 1 atom stereocenters. The molecule has 0 fully saturated rings. The summed E-state index contributed by atoms with van der Waals surface area (Å²) in [6.45, 7) is 19.4. The van der Waals surface area contributed by atoms with Gasteiger partial charge in [0.2, 0.25) is 0 Å². The number of hydrogen-bond donors (Lipinski definition) is 0. The number of rotatable bonds is 15. The van der Waals surface area contributed by atoms with Gasteiger partial charge in [-0.2, -0.15) is 26.3 Å². The van der Waals surface area contributed by atoms with E-state index in [0.717, 1.165) is 29.4 Å². The molecule has 2 aromatic carbocycles. The van der Waals surface area contributed by atoms with E-state index in [9.17, 15) is 31.1 Å². The van der Waals surface area contributed by atoms with E-state index in [2.05, 4.69) is 67.5 Å². The Bertz CT molecular complexity index is 1510. The molecule has 0 radical (unpaired) electrons. The maximum Gasteiger partial charge on any atom is 0.438 e. The van der Waals surface area contributed by atoms with Crippen molar-refractivity contribution in [2.45, 2.75) is 135 Å². The highest BCUT2D eigenvalue weighted by Gasteiger charge is 2.72.